The molecule has 0 saturated carbocycles. The van der Waals surface area contributed by atoms with Gasteiger partial charge in [-0.25, -0.2) is 9.18 Å². The Balaban J connectivity index is 1.70. The molecule has 10 heteroatoms. The van der Waals surface area contributed by atoms with Gasteiger partial charge >= 0.3 is 12.1 Å². The van der Waals surface area contributed by atoms with E-state index in [1.807, 2.05) is 6.07 Å². The van der Waals surface area contributed by atoms with Crippen LogP contribution in [0, 0.1) is 0 Å². The third kappa shape index (κ3) is 4.54. The van der Waals surface area contributed by atoms with Crippen LogP contribution in [0.1, 0.15) is 12.5 Å². The number of benzene rings is 2. The van der Waals surface area contributed by atoms with Crippen LogP contribution < -0.4 is 16.2 Å². The molecule has 3 atom stereocenters. The van der Waals surface area contributed by atoms with Crippen LogP contribution >= 0.6 is 9.24 Å². The number of carbonyl (C=O) groups excluding carboxylic acids is 2. The average molecular weight is 485 g/mol. The van der Waals surface area contributed by atoms with Crippen molar-refractivity contribution < 1.29 is 23.5 Å². The van der Waals surface area contributed by atoms with Crippen molar-refractivity contribution in [1.82, 2.24) is 4.57 Å². The number of nitrogens with zero attached hydrogens (tertiary/aromatic N) is 2. The molecule has 178 valence electrons. The molecule has 1 aliphatic heterocycles. The van der Waals surface area contributed by atoms with E-state index in [0.29, 0.717) is 33.3 Å². The molecule has 0 bridgehead atoms. The summed E-state index contributed by atoms with van der Waals surface area (Å²) in [6.45, 7) is 1.25. The van der Waals surface area contributed by atoms with Crippen molar-refractivity contribution in [2.45, 2.75) is 18.4 Å². The van der Waals surface area contributed by atoms with E-state index in [9.17, 15) is 18.8 Å². The molecule has 1 saturated heterocycles. The molecule has 2 heterocycles. The summed E-state index contributed by atoms with van der Waals surface area (Å²) in [5.74, 6) is -0.587. The monoisotopic (exact) mass is 485 g/mol. The highest BCUT2D eigenvalue weighted by Crippen LogP contribution is 2.39. The molecule has 2 N–H and O–H groups in total. The first kappa shape index (κ1) is 23.9. The lowest BCUT2D eigenvalue weighted by atomic mass is 9.98. The Labute approximate surface area is 197 Å². The minimum atomic E-state index is -1.67. The number of carbonyl (C=O) groups is 2. The Bertz CT molecular complexity index is 1330. The number of hydrogen-bond donors (Lipinski definition) is 1. The fourth-order valence-corrected chi connectivity index (χ4v) is 4.26. The first-order chi connectivity index (χ1) is 16.1. The van der Waals surface area contributed by atoms with Crippen molar-refractivity contribution in [3.63, 3.8) is 0 Å². The summed E-state index contributed by atoms with van der Waals surface area (Å²) in [5, 5.41) is -0.612. The predicted octanol–water partition coefficient (Wildman–Crippen LogP) is 3.05. The van der Waals surface area contributed by atoms with Gasteiger partial charge in [0.1, 0.15) is 12.0 Å². The van der Waals surface area contributed by atoms with Gasteiger partial charge in [0, 0.05) is 29.2 Å². The largest absolute Gasteiger partial charge is 0.461 e. The number of ether oxygens (including phenoxy) is 2. The SMILES string of the molecule is Cn1c(-c2ccccc2C(C)(F)P)cc2ccc(N3C[C@H](COC(=O)CN)OC3=O)cc2c1=O. The summed E-state index contributed by atoms with van der Waals surface area (Å²) in [6.07, 6.45) is -1.24. The summed E-state index contributed by atoms with van der Waals surface area (Å²) in [6, 6.07) is 13.9. The summed E-state index contributed by atoms with van der Waals surface area (Å²) >= 11 is 0. The van der Waals surface area contributed by atoms with Gasteiger partial charge in [0.2, 0.25) is 0 Å². The van der Waals surface area contributed by atoms with E-state index in [1.54, 1.807) is 49.5 Å². The molecule has 8 nitrogen and oxygen atoms in total. The first-order valence-corrected chi connectivity index (χ1v) is 11.2. The highest BCUT2D eigenvalue weighted by Gasteiger charge is 2.33. The quantitative estimate of drug-likeness (QED) is 0.425. The second-order valence-corrected chi connectivity index (χ2v) is 9.37. The lowest BCUT2D eigenvalue weighted by molar-refractivity contribution is -0.144. The van der Waals surface area contributed by atoms with Crippen molar-refractivity contribution in [3.05, 3.63) is 64.4 Å². The molecule has 4 rings (SSSR count). The zero-order valence-electron chi connectivity index (χ0n) is 18.8. The number of pyridine rings is 1. The van der Waals surface area contributed by atoms with Gasteiger partial charge in [-0.3, -0.25) is 14.5 Å². The zero-order chi connectivity index (χ0) is 24.6. The van der Waals surface area contributed by atoms with Crippen LogP contribution in [0.5, 0.6) is 0 Å². The highest BCUT2D eigenvalue weighted by molar-refractivity contribution is 7.18. The molecule has 0 aliphatic carbocycles. The number of alkyl halides is 1. The van der Waals surface area contributed by atoms with E-state index in [0.717, 1.165) is 0 Å². The molecule has 1 amide bonds. The van der Waals surface area contributed by atoms with Gasteiger partial charge in [-0.05, 0) is 30.5 Å². The van der Waals surface area contributed by atoms with Crippen LogP contribution in [0.15, 0.2) is 53.3 Å². The third-order valence-corrected chi connectivity index (χ3v) is 6.05. The number of amides is 1. The van der Waals surface area contributed by atoms with Crippen molar-refractivity contribution in [3.8, 4) is 11.3 Å². The molecule has 2 unspecified atom stereocenters. The second-order valence-electron chi connectivity index (χ2n) is 8.29. The summed E-state index contributed by atoms with van der Waals surface area (Å²) in [4.78, 5) is 38.3. The molecule has 1 fully saturated rings. The van der Waals surface area contributed by atoms with Gasteiger partial charge < -0.3 is 19.8 Å². The molecule has 1 aromatic heterocycles. The van der Waals surface area contributed by atoms with E-state index in [1.165, 1.54) is 16.4 Å². The number of halogens is 1. The van der Waals surface area contributed by atoms with E-state index in [2.05, 4.69) is 9.24 Å². The molecule has 0 radical (unpaired) electrons. The molecule has 3 aromatic rings. The maximum absolute atomic E-state index is 14.8. The zero-order valence-corrected chi connectivity index (χ0v) is 19.9. The van der Waals surface area contributed by atoms with Crippen LogP contribution in [0.25, 0.3) is 22.0 Å². The predicted molar refractivity (Wildman–Crippen MR) is 130 cm³/mol. The first-order valence-electron chi connectivity index (χ1n) is 10.7. The maximum atomic E-state index is 14.8. The van der Waals surface area contributed by atoms with Crippen LogP contribution in [0.4, 0.5) is 14.9 Å². The van der Waals surface area contributed by atoms with Crippen molar-refractivity contribution in [1.29, 1.82) is 0 Å². The lowest BCUT2D eigenvalue weighted by Crippen LogP contribution is -2.28. The smallest absolute Gasteiger partial charge is 0.414 e. The fourth-order valence-electron chi connectivity index (χ4n) is 4.01. The van der Waals surface area contributed by atoms with Crippen LogP contribution in [-0.4, -0.2) is 42.4 Å². The number of hydrogen-bond acceptors (Lipinski definition) is 6. The van der Waals surface area contributed by atoms with Gasteiger partial charge in [-0.15, -0.1) is 0 Å². The summed E-state index contributed by atoms with van der Waals surface area (Å²) in [7, 11) is 3.82. The number of fused-ring (bicyclic) bond motifs is 1. The Hall–Kier alpha value is -3.29. The normalized spacial score (nSPS) is 17.5. The minimum Gasteiger partial charge on any atom is -0.461 e. The summed E-state index contributed by atoms with van der Waals surface area (Å²) < 4.78 is 26.5. The van der Waals surface area contributed by atoms with E-state index >= 15 is 0 Å². The molecule has 2 aromatic carbocycles. The van der Waals surface area contributed by atoms with Crippen LogP contribution in [0.3, 0.4) is 0 Å². The number of esters is 1. The van der Waals surface area contributed by atoms with Crippen molar-refractivity contribution in [2.24, 2.45) is 12.8 Å². The Kier molecular flexibility index (Phi) is 6.43. The van der Waals surface area contributed by atoms with Gasteiger partial charge in [0.15, 0.2) is 6.10 Å². The number of nitrogens with two attached hydrogens (primary N) is 1. The second kappa shape index (κ2) is 9.16. The van der Waals surface area contributed by atoms with Crippen molar-refractivity contribution in [2.75, 3.05) is 24.6 Å². The Morgan fingerprint density at radius 1 is 1.26 bits per heavy atom. The molecular weight excluding hydrogens is 460 g/mol. The average Bonchev–Trinajstić information content (AvgIpc) is 3.19. The van der Waals surface area contributed by atoms with Crippen LogP contribution in [-0.2, 0) is 26.7 Å². The van der Waals surface area contributed by atoms with Gasteiger partial charge in [0.25, 0.3) is 5.56 Å². The summed E-state index contributed by atoms with van der Waals surface area (Å²) in [5.41, 5.74) is 7.06. The van der Waals surface area contributed by atoms with Gasteiger partial charge in [0.05, 0.1) is 18.8 Å². The number of rotatable bonds is 6. The Morgan fingerprint density at radius 2 is 2.00 bits per heavy atom. The van der Waals surface area contributed by atoms with E-state index in [-0.39, 0.29) is 25.3 Å². The van der Waals surface area contributed by atoms with Gasteiger partial charge in [-0.2, -0.15) is 0 Å². The minimum absolute atomic E-state index is 0.0976. The topological polar surface area (TPSA) is 104 Å². The molecular formula is C24H25FN3O5P. The van der Waals surface area contributed by atoms with E-state index < -0.39 is 23.6 Å². The molecule has 1 aliphatic rings. The van der Waals surface area contributed by atoms with Crippen molar-refractivity contribution >= 4 is 37.8 Å². The molecule has 34 heavy (non-hydrogen) atoms. The maximum Gasteiger partial charge on any atom is 0.414 e. The number of cyclic esters (lactones) is 1. The van der Waals surface area contributed by atoms with Crippen LogP contribution in [0.2, 0.25) is 0 Å². The highest BCUT2D eigenvalue weighted by atomic mass is 31.0. The lowest BCUT2D eigenvalue weighted by Gasteiger charge is -2.21. The molecule has 0 spiro atoms. The Morgan fingerprint density at radius 3 is 2.71 bits per heavy atom. The number of aromatic nitrogens is 1. The standard InChI is InChI=1S/C24H25FN3O5P/c1-24(25,34)19-6-4-3-5-17(19)20-9-14-7-8-15(10-18(14)22(30)27(20)2)28-12-16(33-23(28)31)13-32-21(29)11-26/h3-10,16H,11-13,26,34H2,1-2H3/t16-,24?/m1/s1. The van der Waals surface area contributed by atoms with Gasteiger partial charge in [-0.1, -0.05) is 39.6 Å². The third-order valence-electron chi connectivity index (χ3n) is 5.74. The number of anilines is 1. The fraction of sp³-hybridized carbons (Fsp3) is 0.292. The van der Waals surface area contributed by atoms with E-state index in [4.69, 9.17) is 15.2 Å².